The van der Waals surface area contributed by atoms with Gasteiger partial charge in [0.05, 0.1) is 44.7 Å². The zero-order valence-corrected chi connectivity index (χ0v) is 29.8. The maximum Gasteiger partial charge on any atom is 0.262 e. The lowest BCUT2D eigenvalue weighted by Crippen LogP contribution is -2.65. The summed E-state index contributed by atoms with van der Waals surface area (Å²) in [6.07, 6.45) is 6.07. The third-order valence-corrected chi connectivity index (χ3v) is 12.0. The molecule has 274 valence electrons. The van der Waals surface area contributed by atoms with Gasteiger partial charge in [-0.3, -0.25) is 4.79 Å². The van der Waals surface area contributed by atoms with Crippen molar-refractivity contribution in [3.63, 3.8) is 0 Å². The predicted molar refractivity (Wildman–Crippen MR) is 194 cm³/mol. The Labute approximate surface area is 301 Å². The van der Waals surface area contributed by atoms with E-state index in [0.29, 0.717) is 42.7 Å². The number of nitrogens with one attached hydrogen (secondary N) is 2. The number of phenolic OH excluding ortho intramolecular Hbond substituents is 1. The van der Waals surface area contributed by atoms with Crippen LogP contribution in [0.2, 0.25) is 0 Å². The van der Waals surface area contributed by atoms with E-state index in [2.05, 4.69) is 47.0 Å². The SMILES string of the molecule is CC(NC[C@H](O)c1cc(O)cc2c1OCC(=O)N2)c1ccc(COCC[N+]23CCC(CC2)[C@@H](OC[C@@](O)(c2ccccc2)C2CCCC2)C3)cc1. The van der Waals surface area contributed by atoms with E-state index in [0.717, 1.165) is 47.1 Å². The molecular weight excluding hydrogens is 646 g/mol. The van der Waals surface area contributed by atoms with Crippen molar-refractivity contribution in [1.82, 2.24) is 5.32 Å². The summed E-state index contributed by atoms with van der Waals surface area (Å²) < 4.78 is 19.5. The monoisotopic (exact) mass is 700 g/mol. The number of ether oxygens (including phenoxy) is 3. The van der Waals surface area contributed by atoms with Crippen molar-refractivity contribution in [3.05, 3.63) is 89.0 Å². The molecule has 2 bridgehead atoms. The summed E-state index contributed by atoms with van der Waals surface area (Å²) in [7, 11) is 0. The second-order valence-electron chi connectivity index (χ2n) is 15.3. The maximum atomic E-state index is 12.0. The largest absolute Gasteiger partial charge is 0.508 e. The van der Waals surface area contributed by atoms with Crippen molar-refractivity contribution < 1.29 is 38.8 Å². The molecule has 0 aromatic heterocycles. The van der Waals surface area contributed by atoms with Gasteiger partial charge in [-0.15, -0.1) is 0 Å². The van der Waals surface area contributed by atoms with Crippen LogP contribution in [0.15, 0.2) is 66.7 Å². The van der Waals surface area contributed by atoms with Crippen LogP contribution >= 0.6 is 0 Å². The zero-order chi connectivity index (χ0) is 35.4. The predicted octanol–water partition coefficient (Wildman–Crippen LogP) is 5.33. The van der Waals surface area contributed by atoms with E-state index in [1.54, 1.807) is 0 Å². The highest BCUT2D eigenvalue weighted by Gasteiger charge is 2.48. The van der Waals surface area contributed by atoms with Gasteiger partial charge in [0.1, 0.15) is 36.3 Å². The number of aliphatic hydroxyl groups is 2. The summed E-state index contributed by atoms with van der Waals surface area (Å²) >= 11 is 0. The number of carbonyl (C=O) groups is 1. The number of rotatable bonds is 15. The number of piperidine rings is 3. The fourth-order valence-corrected chi connectivity index (χ4v) is 8.85. The van der Waals surface area contributed by atoms with Crippen LogP contribution in [0.1, 0.15) is 79.8 Å². The lowest BCUT2D eigenvalue weighted by molar-refractivity contribution is -0.946. The summed E-state index contributed by atoms with van der Waals surface area (Å²) in [5, 5.41) is 39.1. The molecule has 8 rings (SSSR count). The summed E-state index contributed by atoms with van der Waals surface area (Å²) in [6.45, 7) is 8.07. The molecule has 4 fully saturated rings. The van der Waals surface area contributed by atoms with E-state index in [9.17, 15) is 20.1 Å². The molecule has 0 spiro atoms. The first-order valence-electron chi connectivity index (χ1n) is 18.8. The smallest absolute Gasteiger partial charge is 0.262 e. The number of carbonyl (C=O) groups excluding carboxylic acids is 1. The number of amides is 1. The number of aromatic hydroxyl groups is 1. The second-order valence-corrected chi connectivity index (χ2v) is 15.3. The molecular formula is C41H54N3O7+. The fourth-order valence-electron chi connectivity index (χ4n) is 8.85. The molecule has 1 aliphatic carbocycles. The Kier molecular flexibility index (Phi) is 11.0. The van der Waals surface area contributed by atoms with Crippen LogP contribution in [0.3, 0.4) is 0 Å². The van der Waals surface area contributed by atoms with Crippen molar-refractivity contribution in [2.75, 3.05) is 57.9 Å². The normalized spacial score (nSPS) is 25.4. The average molecular weight is 701 g/mol. The minimum atomic E-state index is -0.940. The van der Waals surface area contributed by atoms with Crippen LogP contribution in [-0.2, 0) is 26.5 Å². The molecule has 5 aliphatic rings. The Balaban J connectivity index is 0.868. The van der Waals surface area contributed by atoms with Crippen LogP contribution < -0.4 is 15.4 Å². The molecule has 1 saturated carbocycles. The van der Waals surface area contributed by atoms with Gasteiger partial charge < -0.3 is 44.6 Å². The summed E-state index contributed by atoms with van der Waals surface area (Å²) in [5.74, 6) is 0.858. The van der Waals surface area contributed by atoms with E-state index in [-0.39, 0.29) is 42.9 Å². The molecule has 3 aromatic carbocycles. The molecule has 10 heteroatoms. The lowest BCUT2D eigenvalue weighted by atomic mass is 9.80. The molecule has 1 amide bonds. The molecule has 3 aromatic rings. The number of phenols is 1. The molecule has 4 atom stereocenters. The van der Waals surface area contributed by atoms with Gasteiger partial charge in [0, 0.05) is 43.0 Å². The highest BCUT2D eigenvalue weighted by molar-refractivity contribution is 5.96. The Morgan fingerprint density at radius 2 is 1.78 bits per heavy atom. The van der Waals surface area contributed by atoms with Gasteiger partial charge in [-0.25, -0.2) is 0 Å². The first-order chi connectivity index (χ1) is 24.7. The molecule has 51 heavy (non-hydrogen) atoms. The number of hydrogen-bond donors (Lipinski definition) is 5. The van der Waals surface area contributed by atoms with Crippen molar-refractivity contribution in [2.45, 2.75) is 75.9 Å². The molecule has 10 nitrogen and oxygen atoms in total. The first-order valence-corrected chi connectivity index (χ1v) is 18.8. The van der Waals surface area contributed by atoms with Crippen LogP contribution in [0.5, 0.6) is 11.5 Å². The highest BCUT2D eigenvalue weighted by atomic mass is 16.5. The summed E-state index contributed by atoms with van der Waals surface area (Å²) in [4.78, 5) is 11.7. The van der Waals surface area contributed by atoms with Crippen molar-refractivity contribution in [1.29, 1.82) is 0 Å². The highest BCUT2D eigenvalue weighted by Crippen LogP contribution is 2.43. The number of nitrogens with zero attached hydrogens (tertiary/aromatic N) is 1. The number of aliphatic hydroxyl groups excluding tert-OH is 1. The van der Waals surface area contributed by atoms with Crippen LogP contribution in [0.4, 0.5) is 5.69 Å². The minimum absolute atomic E-state index is 0.0294. The number of anilines is 1. The third-order valence-electron chi connectivity index (χ3n) is 12.0. The Bertz CT molecular complexity index is 1620. The Hall–Kier alpha value is -3.51. The van der Waals surface area contributed by atoms with Gasteiger partial charge in [0.2, 0.25) is 0 Å². The van der Waals surface area contributed by atoms with Gasteiger partial charge in [-0.1, -0.05) is 67.4 Å². The Morgan fingerprint density at radius 1 is 1.04 bits per heavy atom. The average Bonchev–Trinajstić information content (AvgIpc) is 3.71. The standard InChI is InChI=1S/C41H53N3O7/c1-28(42-23-37(46)35-21-34(45)22-36-40(35)50-26-39(47)43-36)30-13-11-29(12-14-30)25-49-20-19-44-17-15-31(16-18-44)38(24-44)51-27-41(48,33-9-5-6-10-33)32-7-3-2-4-8-32/h2-4,7-8,11-14,21-22,28,31,33,37-38,42,46,48H,5-6,9-10,15-20,23-27H2,1H3,(H-,43,45,47)/p+1/t28?,31?,37-,38-,41+,44?/m0/s1. The van der Waals surface area contributed by atoms with Crippen LogP contribution in [0, 0.1) is 11.8 Å². The summed E-state index contributed by atoms with van der Waals surface area (Å²) in [6, 6.07) is 21.4. The number of hydrogen-bond acceptors (Lipinski definition) is 8. The molecule has 3 saturated heterocycles. The number of benzene rings is 3. The number of quaternary nitrogens is 1. The van der Waals surface area contributed by atoms with Gasteiger partial charge >= 0.3 is 0 Å². The van der Waals surface area contributed by atoms with Crippen molar-refractivity contribution in [3.8, 4) is 11.5 Å². The van der Waals surface area contributed by atoms with Crippen molar-refractivity contribution >= 4 is 11.6 Å². The maximum absolute atomic E-state index is 12.0. The molecule has 0 radical (unpaired) electrons. The quantitative estimate of drug-likeness (QED) is 0.106. The van der Waals surface area contributed by atoms with Crippen molar-refractivity contribution in [2.24, 2.45) is 11.8 Å². The van der Waals surface area contributed by atoms with E-state index in [1.807, 2.05) is 25.1 Å². The van der Waals surface area contributed by atoms with E-state index in [4.69, 9.17) is 14.2 Å². The van der Waals surface area contributed by atoms with Gasteiger partial charge in [-0.05, 0) is 48.4 Å². The molecule has 4 aliphatic heterocycles. The minimum Gasteiger partial charge on any atom is -0.508 e. The zero-order valence-electron chi connectivity index (χ0n) is 29.8. The molecule has 1 unspecified atom stereocenters. The molecule has 5 N–H and O–H groups in total. The third kappa shape index (κ3) is 8.11. The van der Waals surface area contributed by atoms with E-state index in [1.165, 1.54) is 50.9 Å². The van der Waals surface area contributed by atoms with Gasteiger partial charge in [-0.2, -0.15) is 0 Å². The van der Waals surface area contributed by atoms with E-state index >= 15 is 0 Å². The fraction of sp³-hybridized carbons (Fsp3) is 0.537. The molecule has 4 heterocycles. The second kappa shape index (κ2) is 15.6. The van der Waals surface area contributed by atoms with E-state index < -0.39 is 11.7 Å². The Morgan fingerprint density at radius 3 is 2.53 bits per heavy atom. The van der Waals surface area contributed by atoms with Gasteiger partial charge in [0.25, 0.3) is 5.91 Å². The topological polar surface area (TPSA) is 130 Å². The van der Waals surface area contributed by atoms with Crippen LogP contribution in [0.25, 0.3) is 0 Å². The first kappa shape index (κ1) is 35.9. The van der Waals surface area contributed by atoms with Gasteiger partial charge in [0.15, 0.2) is 6.61 Å². The summed E-state index contributed by atoms with van der Waals surface area (Å²) in [5.41, 5.74) is 3.05. The lowest BCUT2D eigenvalue weighted by Gasteiger charge is -2.52. The van der Waals surface area contributed by atoms with Crippen LogP contribution in [-0.4, -0.2) is 84.4 Å². The number of fused-ring (bicyclic) bond motifs is 4.